The molecule has 4 aromatic carbocycles. The van der Waals surface area contributed by atoms with E-state index in [-0.39, 0.29) is 5.91 Å². The van der Waals surface area contributed by atoms with Gasteiger partial charge in [0.05, 0.1) is 11.4 Å². The van der Waals surface area contributed by atoms with E-state index in [0.717, 1.165) is 54.7 Å². The smallest absolute Gasteiger partial charge is 0.272 e. The van der Waals surface area contributed by atoms with E-state index in [1.807, 2.05) is 75.6 Å². The van der Waals surface area contributed by atoms with Gasteiger partial charge in [0.1, 0.15) is 0 Å². The minimum Gasteiger partial charge on any atom is -0.377 e. The first-order valence-corrected chi connectivity index (χ1v) is 13.4. The molecule has 0 radical (unpaired) electrons. The highest BCUT2D eigenvalue weighted by molar-refractivity contribution is 9.10. The molecule has 4 aromatic rings. The third kappa shape index (κ3) is 4.89. The fraction of sp³-hybridized carbons (Fsp3) is 0.167. The molecule has 0 aliphatic carbocycles. The summed E-state index contributed by atoms with van der Waals surface area (Å²) in [5.41, 5.74) is 6.35. The van der Waals surface area contributed by atoms with Crippen molar-refractivity contribution in [2.75, 3.05) is 36.3 Å². The van der Waals surface area contributed by atoms with Crippen LogP contribution in [0.15, 0.2) is 88.3 Å². The Morgan fingerprint density at radius 1 is 0.974 bits per heavy atom. The van der Waals surface area contributed by atoms with Gasteiger partial charge >= 0.3 is 0 Å². The second-order valence-corrected chi connectivity index (χ2v) is 10.7. The summed E-state index contributed by atoms with van der Waals surface area (Å²) in [5, 5.41) is 8.94. The first-order valence-electron chi connectivity index (χ1n) is 12.2. The lowest BCUT2D eigenvalue weighted by Crippen LogP contribution is -2.47. The number of rotatable bonds is 4. The number of benzodiazepines with no additional fused rings is 1. The summed E-state index contributed by atoms with van der Waals surface area (Å²) < 4.78 is 0.898. The topological polar surface area (TPSA) is 60.0 Å². The van der Waals surface area contributed by atoms with Gasteiger partial charge in [-0.1, -0.05) is 70.0 Å². The van der Waals surface area contributed by atoms with Gasteiger partial charge < -0.3 is 20.4 Å². The number of nitrogens with one attached hydrogen (secondary N) is 2. The molecule has 6 nitrogen and oxygen atoms in total. The molecule has 0 spiro atoms. The number of carbonyl (C=O) groups is 1. The fourth-order valence-corrected chi connectivity index (χ4v) is 5.41. The van der Waals surface area contributed by atoms with Crippen LogP contribution in [0.2, 0.25) is 0 Å². The number of benzene rings is 4. The lowest BCUT2D eigenvalue weighted by Gasteiger charge is -2.23. The normalized spacial score (nSPS) is 15.0. The number of thiocarbonyl (C=S) groups is 1. The second-order valence-electron chi connectivity index (χ2n) is 9.45. The molecule has 0 fully saturated rings. The van der Waals surface area contributed by atoms with Crippen LogP contribution in [0.1, 0.15) is 16.7 Å². The zero-order valence-corrected chi connectivity index (χ0v) is 24.0. The third-order valence-electron chi connectivity index (χ3n) is 6.62. The maximum atomic E-state index is 13.6. The Balaban J connectivity index is 1.52. The van der Waals surface area contributed by atoms with Crippen LogP contribution in [0, 0.1) is 6.92 Å². The number of halogens is 1. The van der Waals surface area contributed by atoms with E-state index in [0.29, 0.717) is 5.11 Å². The van der Waals surface area contributed by atoms with Gasteiger partial charge in [-0.25, -0.2) is 4.99 Å². The Kier molecular flexibility index (Phi) is 7.19. The average Bonchev–Trinajstić information content (AvgIpc) is 2.99. The van der Waals surface area contributed by atoms with Crippen molar-refractivity contribution in [1.29, 1.82) is 0 Å². The highest BCUT2D eigenvalue weighted by Crippen LogP contribution is 2.32. The molecule has 1 unspecified atom stereocenters. The largest absolute Gasteiger partial charge is 0.377 e. The molecule has 0 saturated carbocycles. The van der Waals surface area contributed by atoms with Crippen LogP contribution in [0.4, 0.5) is 17.1 Å². The molecule has 1 atom stereocenters. The van der Waals surface area contributed by atoms with Crippen molar-refractivity contribution in [2.24, 2.45) is 4.99 Å². The number of hydrogen-bond donors (Lipinski definition) is 2. The number of aryl methyl sites for hydroxylation is 1. The van der Waals surface area contributed by atoms with Crippen molar-refractivity contribution in [1.82, 2.24) is 5.32 Å². The molecule has 1 aliphatic rings. The minimum atomic E-state index is -0.915. The van der Waals surface area contributed by atoms with Crippen LogP contribution >= 0.6 is 28.1 Å². The Morgan fingerprint density at radius 3 is 2.42 bits per heavy atom. The van der Waals surface area contributed by atoms with E-state index < -0.39 is 6.17 Å². The Labute approximate surface area is 236 Å². The summed E-state index contributed by atoms with van der Waals surface area (Å²) in [6.45, 7) is 2.03. The summed E-state index contributed by atoms with van der Waals surface area (Å²) in [6, 6.07) is 26.1. The quantitative estimate of drug-likeness (QED) is 0.283. The molecule has 192 valence electrons. The maximum absolute atomic E-state index is 13.6. The Hall–Kier alpha value is -3.75. The van der Waals surface area contributed by atoms with E-state index >= 15 is 0 Å². The molecule has 8 heteroatoms. The maximum Gasteiger partial charge on any atom is 0.272 e. The number of amides is 1. The standard InChI is InChI=1S/C30H28BrN5OS/c1-18-13-15-26-22(17-18)27(21-11-7-8-12-23(21)31)33-28(29(37)36(26)4)34-30(38)32-24-14-16-25(35(2)3)20-10-6-5-9-19(20)24/h5-17,28H,1-4H3,(H2,32,34,38). The predicted octanol–water partition coefficient (Wildman–Crippen LogP) is 6.10. The van der Waals surface area contributed by atoms with E-state index in [1.54, 1.807) is 11.9 Å². The second kappa shape index (κ2) is 10.6. The molecule has 1 heterocycles. The summed E-state index contributed by atoms with van der Waals surface area (Å²) >= 11 is 9.38. The number of carbonyl (C=O) groups excluding carboxylic acids is 1. The highest BCUT2D eigenvalue weighted by atomic mass is 79.9. The van der Waals surface area contributed by atoms with Crippen molar-refractivity contribution in [2.45, 2.75) is 13.1 Å². The van der Waals surface area contributed by atoms with Crippen LogP contribution in [-0.4, -0.2) is 44.0 Å². The number of likely N-dealkylation sites (N-methyl/N-ethyl adjacent to an activating group) is 1. The Morgan fingerprint density at radius 2 is 1.68 bits per heavy atom. The highest BCUT2D eigenvalue weighted by Gasteiger charge is 2.31. The van der Waals surface area contributed by atoms with Gasteiger partial charge in [-0.05, 0) is 49.5 Å². The van der Waals surface area contributed by atoms with Gasteiger partial charge in [-0.3, -0.25) is 4.79 Å². The van der Waals surface area contributed by atoms with Gasteiger partial charge in [0.15, 0.2) is 5.11 Å². The molecule has 2 N–H and O–H groups in total. The van der Waals surface area contributed by atoms with Gasteiger partial charge in [0.2, 0.25) is 6.17 Å². The van der Waals surface area contributed by atoms with Crippen molar-refractivity contribution >= 4 is 72.7 Å². The van der Waals surface area contributed by atoms with Crippen LogP contribution < -0.4 is 20.4 Å². The molecule has 0 aromatic heterocycles. The number of anilines is 3. The van der Waals surface area contributed by atoms with Gasteiger partial charge in [-0.2, -0.15) is 0 Å². The minimum absolute atomic E-state index is 0.200. The van der Waals surface area contributed by atoms with Gasteiger partial charge in [0.25, 0.3) is 5.91 Å². The molecule has 0 bridgehead atoms. The van der Waals surface area contributed by atoms with Crippen LogP contribution in [0.5, 0.6) is 0 Å². The van der Waals surface area contributed by atoms with Crippen molar-refractivity contribution in [3.63, 3.8) is 0 Å². The van der Waals surface area contributed by atoms with Crippen LogP contribution in [-0.2, 0) is 4.79 Å². The summed E-state index contributed by atoms with van der Waals surface area (Å²) in [5.74, 6) is -0.200. The molecule has 0 saturated heterocycles. The zero-order chi connectivity index (χ0) is 27.0. The first kappa shape index (κ1) is 25.9. The van der Waals surface area contributed by atoms with E-state index in [4.69, 9.17) is 17.2 Å². The van der Waals surface area contributed by atoms with Crippen molar-refractivity contribution < 1.29 is 4.79 Å². The number of hydrogen-bond acceptors (Lipinski definition) is 4. The molecular formula is C30H28BrN5OS. The van der Waals surface area contributed by atoms with Crippen molar-refractivity contribution in [3.05, 3.63) is 100 Å². The summed E-state index contributed by atoms with van der Waals surface area (Å²) in [7, 11) is 5.82. The molecular weight excluding hydrogens is 558 g/mol. The number of aliphatic imine (C=N–C) groups is 1. The SMILES string of the molecule is Cc1ccc2c(c1)C(c1ccccc1Br)=NC(NC(=S)Nc1ccc(N(C)C)c3ccccc13)C(=O)N2C. The monoisotopic (exact) mass is 585 g/mol. The lowest BCUT2D eigenvalue weighted by atomic mass is 9.98. The van der Waals surface area contributed by atoms with Crippen molar-refractivity contribution in [3.8, 4) is 0 Å². The zero-order valence-electron chi connectivity index (χ0n) is 21.6. The van der Waals surface area contributed by atoms with Gasteiger partial charge in [0, 0.05) is 58.9 Å². The summed E-state index contributed by atoms with van der Waals surface area (Å²) in [6.07, 6.45) is -0.915. The molecule has 1 amide bonds. The van der Waals surface area contributed by atoms with Crippen LogP contribution in [0.25, 0.3) is 10.8 Å². The molecule has 5 rings (SSSR count). The number of nitrogens with zero attached hydrogens (tertiary/aromatic N) is 3. The van der Waals surface area contributed by atoms with Gasteiger partial charge in [-0.15, -0.1) is 0 Å². The molecule has 38 heavy (non-hydrogen) atoms. The predicted molar refractivity (Wildman–Crippen MR) is 166 cm³/mol. The van der Waals surface area contributed by atoms with E-state index in [9.17, 15) is 4.79 Å². The first-order chi connectivity index (χ1) is 18.2. The number of fused-ring (bicyclic) bond motifs is 2. The average molecular weight is 587 g/mol. The summed E-state index contributed by atoms with van der Waals surface area (Å²) in [4.78, 5) is 22.3. The van der Waals surface area contributed by atoms with E-state index in [1.165, 1.54) is 0 Å². The molecule has 1 aliphatic heterocycles. The third-order valence-corrected chi connectivity index (χ3v) is 7.53. The Bertz CT molecular complexity index is 1600. The van der Waals surface area contributed by atoms with E-state index in [2.05, 4.69) is 55.7 Å². The van der Waals surface area contributed by atoms with Crippen LogP contribution in [0.3, 0.4) is 0 Å². The lowest BCUT2D eigenvalue weighted by molar-refractivity contribution is -0.119. The fourth-order valence-electron chi connectivity index (χ4n) is 4.71.